The van der Waals surface area contributed by atoms with Crippen molar-refractivity contribution in [3.8, 4) is 5.75 Å². The van der Waals surface area contributed by atoms with Gasteiger partial charge in [-0.3, -0.25) is 4.79 Å². The Labute approximate surface area is 154 Å². The first kappa shape index (κ1) is 17.5. The number of ether oxygens (including phenoxy) is 1. The smallest absolute Gasteiger partial charge is 0.323 e. The third-order valence-electron chi connectivity index (χ3n) is 5.11. The van der Waals surface area contributed by atoms with Gasteiger partial charge in [-0.2, -0.15) is 8.78 Å². The molecule has 140 valence electrons. The summed E-state index contributed by atoms with van der Waals surface area (Å²) in [5.74, 6) is -4.05. The lowest BCUT2D eigenvalue weighted by Crippen LogP contribution is -2.40. The van der Waals surface area contributed by atoms with E-state index < -0.39 is 29.6 Å². The molecule has 0 N–H and O–H groups in total. The van der Waals surface area contributed by atoms with Crippen LogP contribution in [0.4, 0.5) is 14.5 Å². The van der Waals surface area contributed by atoms with E-state index >= 15 is 8.78 Å². The van der Waals surface area contributed by atoms with E-state index in [1.807, 2.05) is 0 Å². The van der Waals surface area contributed by atoms with E-state index in [1.165, 1.54) is 18.9 Å². The van der Waals surface area contributed by atoms with Crippen molar-refractivity contribution < 1.29 is 22.7 Å². The van der Waals surface area contributed by atoms with Crippen molar-refractivity contribution >= 4 is 22.7 Å². The normalized spacial score (nSPS) is 19.6. The summed E-state index contributed by atoms with van der Waals surface area (Å²) in [6.07, 6.45) is -0.754. The van der Waals surface area contributed by atoms with Gasteiger partial charge in [0.2, 0.25) is 5.91 Å². The Morgan fingerprint density at radius 2 is 1.96 bits per heavy atom. The minimum Gasteiger partial charge on any atom is -0.495 e. The number of anilines is 1. The topological polar surface area (TPSA) is 55.6 Å². The molecule has 1 amide bonds. The zero-order chi connectivity index (χ0) is 19.4. The van der Waals surface area contributed by atoms with Crippen LogP contribution in [-0.2, 0) is 16.1 Å². The number of hydrogen-bond acceptors (Lipinski definition) is 4. The summed E-state index contributed by atoms with van der Waals surface area (Å²) in [5, 5.41) is 0. The standard InChI is InChI=1S/C20H18F2N2O3/c1-19(12-7-6-10-15(26-3)16(12)24(2)18(19)25)11-20(21,22)17-23-13-8-4-5-9-14(13)27-17/h4-10H,11H2,1-3H3. The first-order valence-corrected chi connectivity index (χ1v) is 8.47. The number of methoxy groups -OCH3 is 1. The van der Waals surface area contributed by atoms with E-state index in [0.29, 0.717) is 22.5 Å². The molecule has 5 nitrogen and oxygen atoms in total. The number of halogens is 2. The molecule has 0 aliphatic carbocycles. The second-order valence-electron chi connectivity index (χ2n) is 6.92. The fourth-order valence-electron chi connectivity index (χ4n) is 3.78. The summed E-state index contributed by atoms with van der Waals surface area (Å²) in [4.78, 5) is 18.2. The van der Waals surface area contributed by atoms with Crippen LogP contribution >= 0.6 is 0 Å². The second kappa shape index (κ2) is 5.77. The van der Waals surface area contributed by atoms with Gasteiger partial charge in [0, 0.05) is 13.5 Å². The van der Waals surface area contributed by atoms with Crippen LogP contribution in [-0.4, -0.2) is 25.0 Å². The maximum absolute atomic E-state index is 15.1. The number of oxazole rings is 1. The Morgan fingerprint density at radius 3 is 2.67 bits per heavy atom. The molecule has 0 saturated heterocycles. The number of fused-ring (bicyclic) bond motifs is 2. The van der Waals surface area contributed by atoms with Gasteiger partial charge >= 0.3 is 5.92 Å². The molecule has 0 bridgehead atoms. The van der Waals surface area contributed by atoms with Crippen molar-refractivity contribution in [2.45, 2.75) is 24.7 Å². The van der Waals surface area contributed by atoms with Crippen LogP contribution in [0.15, 0.2) is 46.9 Å². The molecule has 4 rings (SSSR count). The molecule has 1 aromatic heterocycles. The number of alkyl halides is 2. The van der Waals surface area contributed by atoms with E-state index in [9.17, 15) is 4.79 Å². The van der Waals surface area contributed by atoms with E-state index in [-0.39, 0.29) is 5.58 Å². The van der Waals surface area contributed by atoms with Crippen molar-refractivity contribution in [1.29, 1.82) is 0 Å². The molecule has 0 spiro atoms. The maximum Gasteiger partial charge on any atom is 0.323 e. The molecule has 3 aromatic rings. The molecule has 0 saturated carbocycles. The first-order valence-electron chi connectivity index (χ1n) is 8.47. The van der Waals surface area contributed by atoms with Crippen molar-refractivity contribution in [1.82, 2.24) is 4.98 Å². The second-order valence-corrected chi connectivity index (χ2v) is 6.92. The largest absolute Gasteiger partial charge is 0.495 e. The number of rotatable bonds is 4. The van der Waals surface area contributed by atoms with Crippen LogP contribution in [0.2, 0.25) is 0 Å². The number of carbonyl (C=O) groups excluding carboxylic acids is 1. The number of benzene rings is 2. The number of aromatic nitrogens is 1. The van der Waals surface area contributed by atoms with Gasteiger partial charge in [0.15, 0.2) is 5.58 Å². The van der Waals surface area contributed by atoms with Gasteiger partial charge in [-0.15, -0.1) is 0 Å². The van der Waals surface area contributed by atoms with Crippen LogP contribution in [0.3, 0.4) is 0 Å². The molecule has 2 heterocycles. The number of nitrogens with zero attached hydrogens (tertiary/aromatic N) is 2. The molecule has 0 radical (unpaired) electrons. The van der Waals surface area contributed by atoms with Gasteiger partial charge in [0.1, 0.15) is 11.3 Å². The van der Waals surface area contributed by atoms with Crippen molar-refractivity contribution in [3.63, 3.8) is 0 Å². The van der Waals surface area contributed by atoms with Gasteiger partial charge in [0.05, 0.1) is 18.2 Å². The lowest BCUT2D eigenvalue weighted by Gasteiger charge is -2.26. The number of hydrogen-bond donors (Lipinski definition) is 0. The minimum absolute atomic E-state index is 0.286. The number of carbonyl (C=O) groups is 1. The zero-order valence-electron chi connectivity index (χ0n) is 15.1. The average Bonchev–Trinajstić information content (AvgIpc) is 3.17. The summed E-state index contributed by atoms with van der Waals surface area (Å²) < 4.78 is 40.8. The Hall–Kier alpha value is -2.96. The SMILES string of the molecule is COc1cccc2c1N(C)C(=O)C2(C)CC(F)(F)c1nc2ccccc2o1. The molecule has 2 aromatic carbocycles. The quantitative estimate of drug-likeness (QED) is 0.687. The molecule has 7 heteroatoms. The average molecular weight is 372 g/mol. The van der Waals surface area contributed by atoms with Crippen LogP contribution in [0.25, 0.3) is 11.1 Å². The number of amides is 1. The predicted molar refractivity (Wildman–Crippen MR) is 96.3 cm³/mol. The lowest BCUT2D eigenvalue weighted by molar-refractivity contribution is -0.128. The summed E-state index contributed by atoms with van der Waals surface area (Å²) in [7, 11) is 3.04. The van der Waals surface area contributed by atoms with Crippen molar-refractivity contribution in [2.24, 2.45) is 0 Å². The molecule has 1 atom stereocenters. The molecular formula is C20H18F2N2O3. The Balaban J connectivity index is 1.78. The van der Waals surface area contributed by atoms with Crippen LogP contribution in [0, 0.1) is 0 Å². The number of likely N-dealkylation sites (N-methyl/N-ethyl adjacent to an activating group) is 1. The van der Waals surface area contributed by atoms with Crippen LogP contribution < -0.4 is 9.64 Å². The highest BCUT2D eigenvalue weighted by Crippen LogP contribution is 2.51. The van der Waals surface area contributed by atoms with E-state index in [1.54, 1.807) is 49.5 Å². The Bertz CT molecular complexity index is 1010. The Kier molecular flexibility index (Phi) is 3.73. The Morgan fingerprint density at radius 1 is 1.22 bits per heavy atom. The minimum atomic E-state index is -3.42. The summed E-state index contributed by atoms with van der Waals surface area (Å²) in [5.41, 5.74) is 0.234. The summed E-state index contributed by atoms with van der Waals surface area (Å²) in [6.45, 7) is 1.52. The maximum atomic E-state index is 15.1. The van der Waals surface area contributed by atoms with Gasteiger partial charge in [0.25, 0.3) is 5.89 Å². The highest BCUT2D eigenvalue weighted by atomic mass is 19.3. The highest BCUT2D eigenvalue weighted by molar-refractivity contribution is 6.09. The first-order chi connectivity index (χ1) is 12.8. The third-order valence-corrected chi connectivity index (χ3v) is 5.11. The zero-order valence-corrected chi connectivity index (χ0v) is 15.1. The predicted octanol–water partition coefficient (Wildman–Crippen LogP) is 4.25. The fourth-order valence-corrected chi connectivity index (χ4v) is 3.78. The third kappa shape index (κ3) is 2.49. The van der Waals surface area contributed by atoms with Gasteiger partial charge in [-0.1, -0.05) is 24.3 Å². The lowest BCUT2D eigenvalue weighted by atomic mass is 9.78. The molecule has 0 fully saturated rings. The van der Waals surface area contributed by atoms with E-state index in [2.05, 4.69) is 4.98 Å². The fraction of sp³-hybridized carbons (Fsp3) is 0.300. The molecular weight excluding hydrogens is 354 g/mol. The molecule has 1 unspecified atom stereocenters. The van der Waals surface area contributed by atoms with Gasteiger partial charge < -0.3 is 14.1 Å². The number of para-hydroxylation sites is 3. The van der Waals surface area contributed by atoms with E-state index in [0.717, 1.165) is 0 Å². The molecule has 1 aliphatic rings. The monoisotopic (exact) mass is 372 g/mol. The van der Waals surface area contributed by atoms with Crippen molar-refractivity contribution in [2.75, 3.05) is 19.1 Å². The molecule has 1 aliphatic heterocycles. The van der Waals surface area contributed by atoms with Crippen LogP contribution in [0.1, 0.15) is 24.8 Å². The summed E-state index contributed by atoms with van der Waals surface area (Å²) >= 11 is 0. The summed E-state index contributed by atoms with van der Waals surface area (Å²) in [6, 6.07) is 11.7. The van der Waals surface area contributed by atoms with Gasteiger partial charge in [-0.25, -0.2) is 4.98 Å². The van der Waals surface area contributed by atoms with Crippen molar-refractivity contribution in [3.05, 3.63) is 53.9 Å². The van der Waals surface area contributed by atoms with E-state index in [4.69, 9.17) is 9.15 Å². The molecule has 27 heavy (non-hydrogen) atoms. The highest BCUT2D eigenvalue weighted by Gasteiger charge is 2.54. The van der Waals surface area contributed by atoms with Crippen LogP contribution in [0.5, 0.6) is 5.75 Å². The van der Waals surface area contributed by atoms with Gasteiger partial charge in [-0.05, 0) is 30.7 Å².